The van der Waals surface area contributed by atoms with Crippen LogP contribution in [-0.2, 0) is 16.6 Å². The quantitative estimate of drug-likeness (QED) is 0.209. The fraction of sp³-hybridized carbons (Fsp3) is 0.306. The van der Waals surface area contributed by atoms with Crippen molar-refractivity contribution in [2.75, 3.05) is 37.3 Å². The lowest BCUT2D eigenvalue weighted by Gasteiger charge is -2.37. The van der Waals surface area contributed by atoms with E-state index < -0.39 is 40.0 Å². The van der Waals surface area contributed by atoms with Crippen LogP contribution >= 0.6 is 22.9 Å². The number of alkyl halides is 3. The molecule has 55 heavy (non-hydrogen) atoms. The van der Waals surface area contributed by atoms with Crippen LogP contribution in [0.1, 0.15) is 40.2 Å². The number of anilines is 1. The molecule has 0 unspecified atom stereocenters. The number of likely N-dealkylation sites (tertiary alicyclic amines) is 1. The van der Waals surface area contributed by atoms with Crippen molar-refractivity contribution < 1.29 is 26.4 Å². The number of aromatic nitrogens is 4. The van der Waals surface area contributed by atoms with Gasteiger partial charge in [-0.05, 0) is 44.0 Å². The minimum absolute atomic E-state index is 0.00397. The first-order valence-corrected chi connectivity index (χ1v) is 19.4. The zero-order valence-electron chi connectivity index (χ0n) is 29.1. The van der Waals surface area contributed by atoms with Crippen LogP contribution < -0.4 is 15.2 Å². The summed E-state index contributed by atoms with van der Waals surface area (Å²) in [5.41, 5.74) is 1.64. The molecule has 0 aliphatic carbocycles. The number of nitrogens with zero attached hydrogens (tertiary/aromatic N) is 8. The van der Waals surface area contributed by atoms with E-state index in [9.17, 15) is 36.4 Å². The molecule has 4 aromatic heterocycles. The fourth-order valence-corrected chi connectivity index (χ4v) is 8.29. The van der Waals surface area contributed by atoms with Crippen molar-refractivity contribution in [3.05, 3.63) is 79.9 Å². The van der Waals surface area contributed by atoms with E-state index in [0.29, 0.717) is 45.1 Å². The number of thiophene rings is 1. The number of sulfonamides is 1. The van der Waals surface area contributed by atoms with Crippen molar-refractivity contribution in [1.82, 2.24) is 29.1 Å². The third-order valence-corrected chi connectivity index (χ3v) is 11.3. The maximum absolute atomic E-state index is 14.0. The number of nitriles is 2. The fourth-order valence-electron chi connectivity index (χ4n) is 6.45. The van der Waals surface area contributed by atoms with E-state index in [2.05, 4.69) is 32.9 Å². The zero-order valence-corrected chi connectivity index (χ0v) is 31.5. The first-order chi connectivity index (χ1) is 26.1. The van der Waals surface area contributed by atoms with Gasteiger partial charge in [-0.25, -0.2) is 23.1 Å². The van der Waals surface area contributed by atoms with Gasteiger partial charge < -0.3 is 4.90 Å². The number of benzene rings is 1. The van der Waals surface area contributed by atoms with Crippen LogP contribution in [0, 0.1) is 41.4 Å². The van der Waals surface area contributed by atoms with Crippen LogP contribution in [0.25, 0.3) is 32.2 Å². The van der Waals surface area contributed by atoms with E-state index in [1.54, 1.807) is 43.1 Å². The van der Waals surface area contributed by atoms with Gasteiger partial charge in [-0.3, -0.25) is 24.0 Å². The summed E-state index contributed by atoms with van der Waals surface area (Å²) in [4.78, 5) is 43.2. The van der Waals surface area contributed by atoms with Crippen LogP contribution in [0.4, 0.5) is 19.0 Å². The first kappa shape index (κ1) is 39.1. The van der Waals surface area contributed by atoms with Gasteiger partial charge in [0.15, 0.2) is 5.75 Å². The van der Waals surface area contributed by atoms with Crippen LogP contribution in [0.2, 0.25) is 5.02 Å². The SMILES string of the molecule is Cc1nc2cnc(N(C)C3CCN(CC(F)(F)F)CC3)c(C#N)c2c(=O)n1CC#Cc1ccc(Cl)cc1-c1ccnc2c(C(=O)NS(=O)(=O)CC#N)csc12. The molecule has 1 saturated heterocycles. The van der Waals surface area contributed by atoms with E-state index in [4.69, 9.17) is 16.9 Å². The summed E-state index contributed by atoms with van der Waals surface area (Å²) >= 11 is 7.55. The molecule has 0 atom stereocenters. The molecule has 1 aromatic carbocycles. The Bertz CT molecular complexity index is 2670. The van der Waals surface area contributed by atoms with E-state index in [0.717, 1.165) is 11.3 Å². The second-order valence-electron chi connectivity index (χ2n) is 12.6. The Balaban J connectivity index is 1.31. The van der Waals surface area contributed by atoms with Crippen molar-refractivity contribution in [2.45, 2.75) is 38.5 Å². The number of hydrogen-bond acceptors (Lipinski definition) is 12. The second-order valence-corrected chi connectivity index (χ2v) is 15.7. The van der Waals surface area contributed by atoms with Gasteiger partial charge in [0.1, 0.15) is 23.3 Å². The lowest BCUT2D eigenvalue weighted by molar-refractivity contribution is -0.147. The second kappa shape index (κ2) is 15.6. The highest BCUT2D eigenvalue weighted by Crippen LogP contribution is 2.37. The molecule has 0 saturated carbocycles. The Morgan fingerprint density at radius 1 is 1.16 bits per heavy atom. The predicted molar refractivity (Wildman–Crippen MR) is 201 cm³/mol. The molecule has 0 radical (unpaired) electrons. The van der Waals surface area contributed by atoms with Gasteiger partial charge in [-0.1, -0.05) is 23.4 Å². The van der Waals surface area contributed by atoms with Gasteiger partial charge in [0.05, 0.1) is 52.0 Å². The topological polar surface area (TPSA) is 178 Å². The number of piperidine rings is 1. The summed E-state index contributed by atoms with van der Waals surface area (Å²) in [6, 6.07) is 10.1. The Kier molecular flexibility index (Phi) is 11.1. The van der Waals surface area contributed by atoms with Gasteiger partial charge in [0, 0.05) is 59.5 Å². The normalized spacial score (nSPS) is 13.9. The lowest BCUT2D eigenvalue weighted by atomic mass is 10.00. The number of halogens is 4. The van der Waals surface area contributed by atoms with Gasteiger partial charge in [-0.15, -0.1) is 11.3 Å². The molecule has 5 aromatic rings. The molecule has 1 fully saturated rings. The smallest absolute Gasteiger partial charge is 0.355 e. The average molecular weight is 808 g/mol. The van der Waals surface area contributed by atoms with Crippen LogP contribution in [0.5, 0.6) is 0 Å². The van der Waals surface area contributed by atoms with Crippen molar-refractivity contribution in [3.8, 4) is 35.1 Å². The predicted octanol–water partition coefficient (Wildman–Crippen LogP) is 5.00. The molecule has 1 amide bonds. The number of amides is 1. The van der Waals surface area contributed by atoms with Gasteiger partial charge in [0.2, 0.25) is 10.0 Å². The van der Waals surface area contributed by atoms with E-state index in [1.165, 1.54) is 33.3 Å². The highest BCUT2D eigenvalue weighted by molar-refractivity contribution is 7.90. The average Bonchev–Trinajstić information content (AvgIpc) is 3.57. The highest BCUT2D eigenvalue weighted by Gasteiger charge is 2.34. The summed E-state index contributed by atoms with van der Waals surface area (Å²) in [5.74, 6) is 4.84. The maximum Gasteiger partial charge on any atom is 0.401 e. The van der Waals surface area contributed by atoms with Crippen LogP contribution in [-0.4, -0.2) is 83.4 Å². The van der Waals surface area contributed by atoms with Gasteiger partial charge in [0.25, 0.3) is 11.5 Å². The summed E-state index contributed by atoms with van der Waals surface area (Å²) in [6.07, 6.45) is -0.602. The highest BCUT2D eigenvalue weighted by atomic mass is 35.5. The van der Waals surface area contributed by atoms with Crippen molar-refractivity contribution in [2.24, 2.45) is 0 Å². The third-order valence-electron chi connectivity index (χ3n) is 9.06. The Morgan fingerprint density at radius 3 is 2.60 bits per heavy atom. The number of aryl methyl sites for hydroxylation is 1. The molecule has 1 aliphatic rings. The first-order valence-electron chi connectivity index (χ1n) is 16.5. The standard InChI is InChI=1S/C36H29ClF3N9O4S2/c1-21-45-29-18-44-33(47(2)24-8-13-48(14-9-24)20-36(38,39)40)27(17-42)30(29)35(51)49(21)12-3-4-22-5-6-23(37)16-26(22)25-7-11-43-31-28(19-54-32(25)31)34(50)46-55(52,53)15-10-41/h5-7,11,16,18-19,24H,8-9,12-15,20H2,1-2H3,(H,46,50). The number of pyridine rings is 2. The monoisotopic (exact) mass is 807 g/mol. The van der Waals surface area contributed by atoms with Crippen molar-refractivity contribution >= 4 is 65.8 Å². The summed E-state index contributed by atoms with van der Waals surface area (Å²) in [5, 5.41) is 20.9. The molecular weight excluding hydrogens is 779 g/mol. The van der Waals surface area contributed by atoms with Gasteiger partial charge >= 0.3 is 6.18 Å². The summed E-state index contributed by atoms with van der Waals surface area (Å²) in [7, 11) is -2.47. The zero-order chi connectivity index (χ0) is 39.7. The molecule has 282 valence electrons. The van der Waals surface area contributed by atoms with Gasteiger partial charge in [-0.2, -0.15) is 23.7 Å². The summed E-state index contributed by atoms with van der Waals surface area (Å²) in [6.45, 7) is 0.969. The largest absolute Gasteiger partial charge is 0.401 e. The molecule has 5 heterocycles. The minimum Gasteiger partial charge on any atom is -0.355 e. The molecule has 1 aliphatic heterocycles. The molecule has 1 N–H and O–H groups in total. The number of hydrogen-bond donors (Lipinski definition) is 1. The van der Waals surface area contributed by atoms with E-state index in [1.807, 2.05) is 4.72 Å². The maximum atomic E-state index is 14.0. The number of rotatable bonds is 8. The number of carbonyl (C=O) groups is 1. The Labute approximate surface area is 321 Å². The molecule has 13 nitrogen and oxygen atoms in total. The molecule has 0 bridgehead atoms. The van der Waals surface area contributed by atoms with Crippen LogP contribution in [0.15, 0.2) is 46.8 Å². The lowest BCUT2D eigenvalue weighted by Crippen LogP contribution is -2.46. The minimum atomic E-state index is -4.29. The molecule has 6 rings (SSSR count). The van der Waals surface area contributed by atoms with Crippen molar-refractivity contribution in [1.29, 1.82) is 10.5 Å². The summed E-state index contributed by atoms with van der Waals surface area (Å²) < 4.78 is 66.6. The number of fused-ring (bicyclic) bond motifs is 2. The third kappa shape index (κ3) is 8.40. The van der Waals surface area contributed by atoms with E-state index >= 15 is 0 Å². The molecule has 0 spiro atoms. The Hall–Kier alpha value is -5.58. The van der Waals surface area contributed by atoms with Crippen molar-refractivity contribution in [3.63, 3.8) is 0 Å². The molecule has 19 heteroatoms. The number of carbonyl (C=O) groups excluding carboxylic acids is 1. The molecular formula is C36H29ClF3N9O4S2. The Morgan fingerprint density at radius 2 is 1.91 bits per heavy atom. The van der Waals surface area contributed by atoms with E-state index in [-0.39, 0.29) is 59.0 Å². The van der Waals surface area contributed by atoms with Crippen LogP contribution in [0.3, 0.4) is 0 Å². The number of nitrogens with one attached hydrogen (secondary N) is 1.